The van der Waals surface area contributed by atoms with E-state index in [1.807, 2.05) is 30.7 Å². The molecule has 40 heavy (non-hydrogen) atoms. The number of aryl methyl sites for hydroxylation is 2. The highest BCUT2D eigenvalue weighted by atomic mass is 19.3. The van der Waals surface area contributed by atoms with Gasteiger partial charge >= 0.3 is 0 Å². The molecular formula is C29H29F3N6O2. The summed E-state index contributed by atoms with van der Waals surface area (Å²) in [6, 6.07) is 9.21. The number of hydrogen-bond acceptors (Lipinski definition) is 6. The number of aromatic nitrogens is 2. The molecular weight excluding hydrogens is 521 g/mol. The van der Waals surface area contributed by atoms with Gasteiger partial charge in [-0.2, -0.15) is 5.26 Å². The van der Waals surface area contributed by atoms with Gasteiger partial charge in [-0.3, -0.25) is 9.79 Å². The van der Waals surface area contributed by atoms with E-state index in [0.717, 1.165) is 17.3 Å². The summed E-state index contributed by atoms with van der Waals surface area (Å²) in [4.78, 5) is 26.3. The van der Waals surface area contributed by atoms with E-state index < -0.39 is 29.3 Å². The number of alkyl halides is 2. The van der Waals surface area contributed by atoms with Gasteiger partial charge in [-0.15, -0.1) is 0 Å². The number of anilines is 1. The Bertz CT molecular complexity index is 1640. The van der Waals surface area contributed by atoms with Crippen molar-refractivity contribution in [2.45, 2.75) is 45.2 Å². The first-order valence-corrected chi connectivity index (χ1v) is 13.4. The molecule has 1 saturated carbocycles. The fraction of sp³-hybridized carbons (Fsp3) is 0.448. The van der Waals surface area contributed by atoms with Crippen molar-refractivity contribution in [2.24, 2.45) is 17.5 Å². The molecule has 208 valence electrons. The Morgan fingerprint density at radius 2 is 2.00 bits per heavy atom. The minimum absolute atomic E-state index is 0.0743. The topological polar surface area (TPSA) is 86.7 Å². The second-order valence-electron chi connectivity index (χ2n) is 10.8. The fourth-order valence-electron chi connectivity index (χ4n) is 5.71. The molecule has 3 aromatic rings. The summed E-state index contributed by atoms with van der Waals surface area (Å²) < 4.78 is 49.6. The fourth-order valence-corrected chi connectivity index (χ4v) is 5.71. The van der Waals surface area contributed by atoms with Crippen LogP contribution in [-0.2, 0) is 11.8 Å². The van der Waals surface area contributed by atoms with E-state index in [2.05, 4.69) is 16.0 Å². The van der Waals surface area contributed by atoms with Gasteiger partial charge < -0.3 is 19.1 Å². The summed E-state index contributed by atoms with van der Waals surface area (Å²) in [5, 5.41) is 10.2. The molecule has 2 atom stereocenters. The van der Waals surface area contributed by atoms with Crippen LogP contribution in [0.3, 0.4) is 0 Å². The molecule has 2 fully saturated rings. The lowest BCUT2D eigenvalue weighted by molar-refractivity contribution is -0.136. The first kappa shape index (κ1) is 26.2. The summed E-state index contributed by atoms with van der Waals surface area (Å²) in [6.45, 7) is 5.45. The molecule has 0 radical (unpaired) electrons. The lowest BCUT2D eigenvalue weighted by atomic mass is 10.0. The van der Waals surface area contributed by atoms with Crippen molar-refractivity contribution in [1.29, 1.82) is 5.26 Å². The average molecular weight is 551 g/mol. The second kappa shape index (κ2) is 9.54. The van der Waals surface area contributed by atoms with Gasteiger partial charge in [0.25, 0.3) is 6.43 Å². The van der Waals surface area contributed by atoms with E-state index in [1.165, 1.54) is 12.1 Å². The lowest BCUT2D eigenvalue weighted by Gasteiger charge is -2.46. The Hall–Kier alpha value is -4.07. The number of amides is 1. The Morgan fingerprint density at radius 3 is 2.70 bits per heavy atom. The van der Waals surface area contributed by atoms with Crippen LogP contribution in [0.5, 0.6) is 5.75 Å². The van der Waals surface area contributed by atoms with Gasteiger partial charge in [-0.1, -0.05) is 18.2 Å². The average Bonchev–Trinajstić information content (AvgIpc) is 3.75. The molecule has 0 N–H and O–H groups in total. The molecule has 0 unspecified atom stereocenters. The summed E-state index contributed by atoms with van der Waals surface area (Å²) in [6.07, 6.45) is -1.69. The molecule has 0 spiro atoms. The highest BCUT2D eigenvalue weighted by Gasteiger charge is 2.53. The van der Waals surface area contributed by atoms with Crippen LogP contribution in [0.25, 0.3) is 10.9 Å². The first-order valence-electron chi connectivity index (χ1n) is 13.4. The molecule has 8 nitrogen and oxygen atoms in total. The summed E-state index contributed by atoms with van der Waals surface area (Å²) in [5.74, 6) is 0.327. The number of ether oxygens (including phenoxy) is 1. The largest absolute Gasteiger partial charge is 0.489 e. The van der Waals surface area contributed by atoms with Crippen LogP contribution >= 0.6 is 0 Å². The predicted molar refractivity (Wildman–Crippen MR) is 141 cm³/mol. The predicted octanol–water partition coefficient (Wildman–Crippen LogP) is 4.33. The number of halogens is 3. The number of piperazine rings is 1. The quantitative estimate of drug-likeness (QED) is 0.483. The van der Waals surface area contributed by atoms with E-state index in [-0.39, 0.29) is 17.5 Å². The lowest BCUT2D eigenvalue weighted by Crippen LogP contribution is -2.59. The van der Waals surface area contributed by atoms with Crippen molar-refractivity contribution < 1.29 is 22.7 Å². The number of fused-ring (bicyclic) bond motifs is 4. The van der Waals surface area contributed by atoms with Crippen molar-refractivity contribution in [2.75, 3.05) is 31.1 Å². The van der Waals surface area contributed by atoms with Crippen molar-refractivity contribution in [1.82, 2.24) is 14.5 Å². The van der Waals surface area contributed by atoms with Crippen molar-refractivity contribution >= 4 is 22.5 Å². The summed E-state index contributed by atoms with van der Waals surface area (Å²) in [5.41, 5.74) is 0.611. The highest BCUT2D eigenvalue weighted by molar-refractivity contribution is 5.89. The van der Waals surface area contributed by atoms with Gasteiger partial charge in [-0.05, 0) is 32.8 Å². The number of carbonyl (C=O) groups excluding carboxylic acids is 1. The molecule has 11 heteroatoms. The van der Waals surface area contributed by atoms with Crippen LogP contribution in [0.4, 0.5) is 18.9 Å². The number of benzene rings is 2. The smallest absolute Gasteiger partial charge is 0.266 e. The Morgan fingerprint density at radius 1 is 1.25 bits per heavy atom. The normalized spacial score (nSPS) is 20.6. The Balaban J connectivity index is 1.39. The minimum Gasteiger partial charge on any atom is -0.489 e. The second-order valence-corrected chi connectivity index (χ2v) is 10.8. The number of nitrogens with zero attached hydrogens (tertiary/aromatic N) is 6. The third-order valence-electron chi connectivity index (χ3n) is 8.38. The maximum Gasteiger partial charge on any atom is 0.266 e. The van der Waals surface area contributed by atoms with E-state index in [4.69, 9.17) is 9.73 Å². The van der Waals surface area contributed by atoms with Crippen LogP contribution in [0.2, 0.25) is 0 Å². The number of carbonyl (C=O) groups is 1. The zero-order valence-electron chi connectivity index (χ0n) is 22.5. The summed E-state index contributed by atoms with van der Waals surface area (Å²) in [7, 11) is 1.88. The van der Waals surface area contributed by atoms with E-state index >= 15 is 0 Å². The number of rotatable bonds is 4. The van der Waals surface area contributed by atoms with Gasteiger partial charge in [0.2, 0.25) is 5.91 Å². The van der Waals surface area contributed by atoms with Crippen LogP contribution in [0, 0.1) is 29.5 Å². The molecule has 0 bridgehead atoms. The first-order chi connectivity index (χ1) is 19.1. The minimum atomic E-state index is -2.92. The molecule has 3 heterocycles. The molecule has 1 aliphatic carbocycles. The van der Waals surface area contributed by atoms with Crippen molar-refractivity contribution in [3.63, 3.8) is 0 Å². The molecule has 2 aromatic carbocycles. The molecule has 3 aliphatic rings. The standard InChI is InChI=1S/C29H29F3N6O2/c1-16(19-5-4-6-20(25(19)30)26(31)32)34-27-21-11-23-24(12-22(21)36(3)17(2)35-27)40-14-18-13-37(9-10-38(18)23)28(39)29(15-33)7-8-29/h4-6,11-12,16,18,26H,7-10,13-14H2,1-3H3/t16-,18-/m1/s1. The highest BCUT2D eigenvalue weighted by Crippen LogP contribution is 2.47. The Kier molecular flexibility index (Phi) is 6.24. The SMILES string of the molecule is Cc1nc(=N[C@H](C)c2cccc(C(F)F)c2F)c2cc3c(cc2n1C)OC[C@H]1CN(C(=O)C2(C#N)CC2)CCN31. The van der Waals surface area contributed by atoms with Gasteiger partial charge in [0.15, 0.2) is 5.49 Å². The maximum atomic E-state index is 14.9. The van der Waals surface area contributed by atoms with Crippen LogP contribution < -0.4 is 15.1 Å². The molecule has 1 amide bonds. The third-order valence-corrected chi connectivity index (χ3v) is 8.38. The van der Waals surface area contributed by atoms with Crippen LogP contribution in [-0.4, -0.2) is 52.6 Å². The maximum absolute atomic E-state index is 14.9. The Labute approximate surface area is 229 Å². The molecule has 1 aromatic heterocycles. The zero-order chi connectivity index (χ0) is 28.3. The van der Waals surface area contributed by atoms with Gasteiger partial charge in [-0.25, -0.2) is 18.2 Å². The zero-order valence-corrected chi connectivity index (χ0v) is 22.5. The number of nitriles is 1. The van der Waals surface area contributed by atoms with E-state index in [1.54, 1.807) is 11.8 Å². The molecule has 6 rings (SSSR count). The van der Waals surface area contributed by atoms with Crippen molar-refractivity contribution in [3.8, 4) is 11.8 Å². The van der Waals surface area contributed by atoms with Crippen LogP contribution in [0.15, 0.2) is 35.3 Å². The summed E-state index contributed by atoms with van der Waals surface area (Å²) >= 11 is 0. The van der Waals surface area contributed by atoms with Gasteiger partial charge in [0, 0.05) is 43.7 Å². The van der Waals surface area contributed by atoms with E-state index in [0.29, 0.717) is 61.5 Å². The van der Waals surface area contributed by atoms with Crippen molar-refractivity contribution in [3.05, 3.63) is 58.6 Å². The molecule has 1 saturated heterocycles. The van der Waals surface area contributed by atoms with Gasteiger partial charge in [0.1, 0.15) is 29.4 Å². The third kappa shape index (κ3) is 4.17. The monoisotopic (exact) mass is 550 g/mol. The number of hydrogen-bond donors (Lipinski definition) is 0. The molecule has 2 aliphatic heterocycles. The van der Waals surface area contributed by atoms with Crippen LogP contribution in [0.1, 0.15) is 49.2 Å². The van der Waals surface area contributed by atoms with Gasteiger partial charge in [0.05, 0.1) is 34.9 Å². The van der Waals surface area contributed by atoms with E-state index in [9.17, 15) is 23.2 Å².